The van der Waals surface area contributed by atoms with E-state index in [0.717, 1.165) is 5.92 Å². The molecule has 0 heterocycles. The topological polar surface area (TPSA) is 97.5 Å². The Morgan fingerprint density at radius 2 is 1.87 bits per heavy atom. The van der Waals surface area contributed by atoms with E-state index in [4.69, 9.17) is 16.2 Å². The molecule has 5 nitrogen and oxygen atoms in total. The molecule has 5 heteroatoms. The number of nitrogens with one attached hydrogen (secondary N) is 1. The number of rotatable bonds is 5. The number of unbranched alkanes of at least 4 members (excludes halogenated alkanes) is 1. The maximum absolute atomic E-state index is 10.8. The molecule has 0 unspecified atom stereocenters. The molecule has 23 heavy (non-hydrogen) atoms. The van der Waals surface area contributed by atoms with E-state index in [9.17, 15) is 4.79 Å². The first-order chi connectivity index (χ1) is 11.1. The summed E-state index contributed by atoms with van der Waals surface area (Å²) in [5.74, 6) is 0.506. The van der Waals surface area contributed by atoms with Gasteiger partial charge in [-0.25, -0.2) is 4.79 Å². The van der Waals surface area contributed by atoms with Gasteiger partial charge in [0.25, 0.3) is 0 Å². The molecule has 0 bridgehead atoms. The van der Waals surface area contributed by atoms with Crippen molar-refractivity contribution in [3.05, 3.63) is 58.0 Å². The molecule has 0 atom stereocenters. The molecule has 0 aromatic heterocycles. The SMILES string of the molecule is CCCC=CC1CCC(c2ccc(C(=O)O)cc2)CC1.[N-]=[N+]=N. The molecular weight excluding hydrogens is 290 g/mol. The second-order valence-electron chi connectivity index (χ2n) is 5.86. The van der Waals surface area contributed by atoms with Gasteiger partial charge < -0.3 is 5.11 Å². The summed E-state index contributed by atoms with van der Waals surface area (Å²) in [5.41, 5.74) is 13.9. The van der Waals surface area contributed by atoms with E-state index in [-0.39, 0.29) is 0 Å². The van der Waals surface area contributed by atoms with Crippen LogP contribution in [0.15, 0.2) is 36.4 Å². The number of nitrogens with zero attached hydrogens (tertiary/aromatic N) is 2. The predicted octanol–water partition coefficient (Wildman–Crippen LogP) is 5.89. The van der Waals surface area contributed by atoms with E-state index >= 15 is 0 Å². The van der Waals surface area contributed by atoms with Crippen LogP contribution in [0.3, 0.4) is 0 Å². The van der Waals surface area contributed by atoms with E-state index in [2.05, 4.69) is 19.1 Å². The van der Waals surface area contributed by atoms with Crippen molar-refractivity contribution < 1.29 is 9.90 Å². The Morgan fingerprint density at radius 1 is 1.30 bits per heavy atom. The van der Waals surface area contributed by atoms with E-state index in [1.54, 1.807) is 17.0 Å². The molecule has 0 aliphatic heterocycles. The monoisotopic (exact) mass is 315 g/mol. The van der Waals surface area contributed by atoms with Crippen LogP contribution in [0.1, 0.15) is 67.3 Å². The number of aromatic carboxylic acids is 1. The van der Waals surface area contributed by atoms with E-state index in [1.165, 1.54) is 44.1 Å². The fraction of sp³-hybridized carbons (Fsp3) is 0.500. The lowest BCUT2D eigenvalue weighted by Gasteiger charge is -2.27. The number of benzene rings is 1. The lowest BCUT2D eigenvalue weighted by molar-refractivity contribution is 0.0697. The fourth-order valence-electron chi connectivity index (χ4n) is 3.00. The normalized spacial score (nSPS) is 20.4. The fourth-order valence-corrected chi connectivity index (χ4v) is 3.00. The molecule has 1 saturated carbocycles. The Bertz CT molecular complexity index is 538. The van der Waals surface area contributed by atoms with Crippen molar-refractivity contribution in [2.45, 2.75) is 51.4 Å². The Morgan fingerprint density at radius 3 is 2.35 bits per heavy atom. The Kier molecular flexibility index (Phi) is 8.55. The molecule has 1 fully saturated rings. The highest BCUT2D eigenvalue weighted by Crippen LogP contribution is 2.36. The Hall–Kier alpha value is -2.26. The minimum absolute atomic E-state index is 0.380. The van der Waals surface area contributed by atoms with Crippen LogP contribution in [0.25, 0.3) is 10.4 Å². The van der Waals surface area contributed by atoms with Crippen LogP contribution >= 0.6 is 0 Å². The molecule has 2 N–H and O–H groups in total. The van der Waals surface area contributed by atoms with Crippen molar-refractivity contribution >= 4 is 5.97 Å². The van der Waals surface area contributed by atoms with Gasteiger partial charge >= 0.3 is 5.97 Å². The molecule has 1 aliphatic rings. The average Bonchev–Trinajstić information content (AvgIpc) is 2.57. The third kappa shape index (κ3) is 6.57. The molecule has 0 spiro atoms. The minimum atomic E-state index is -0.846. The number of carbonyl (C=O) groups is 1. The molecule has 0 saturated heterocycles. The Balaban J connectivity index is 0.000000816. The first-order valence-corrected chi connectivity index (χ1v) is 8.13. The van der Waals surface area contributed by atoms with Gasteiger partial charge in [-0.2, -0.15) is 0 Å². The smallest absolute Gasteiger partial charge is 0.335 e. The van der Waals surface area contributed by atoms with E-state index in [0.29, 0.717) is 11.5 Å². The summed E-state index contributed by atoms with van der Waals surface area (Å²) >= 11 is 0. The highest BCUT2D eigenvalue weighted by Gasteiger charge is 2.20. The maximum atomic E-state index is 10.8. The number of carboxylic acids is 1. The molecule has 0 amide bonds. The van der Waals surface area contributed by atoms with Gasteiger partial charge in [0.15, 0.2) is 0 Å². The maximum Gasteiger partial charge on any atom is 0.335 e. The second kappa shape index (κ2) is 10.5. The van der Waals surface area contributed by atoms with Crippen LogP contribution in [0.4, 0.5) is 0 Å². The summed E-state index contributed by atoms with van der Waals surface area (Å²) in [4.78, 5) is 12.6. The number of allylic oxidation sites excluding steroid dienone is 2. The van der Waals surface area contributed by atoms with Crippen molar-refractivity contribution in [2.75, 3.05) is 0 Å². The molecule has 124 valence electrons. The van der Waals surface area contributed by atoms with Crippen LogP contribution in [0.2, 0.25) is 0 Å². The summed E-state index contributed by atoms with van der Waals surface area (Å²) in [7, 11) is 0. The van der Waals surface area contributed by atoms with Gasteiger partial charge in [-0.1, -0.05) is 37.6 Å². The molecule has 1 aromatic rings. The highest BCUT2D eigenvalue weighted by atomic mass is 16.4. The zero-order valence-electron chi connectivity index (χ0n) is 13.6. The number of hydrogen-bond acceptors (Lipinski definition) is 2. The lowest BCUT2D eigenvalue weighted by Crippen LogP contribution is -2.12. The predicted molar refractivity (Wildman–Crippen MR) is 91.6 cm³/mol. The van der Waals surface area contributed by atoms with Crippen LogP contribution in [0.5, 0.6) is 0 Å². The summed E-state index contributed by atoms with van der Waals surface area (Å²) in [5, 5.41) is 8.92. The molecular formula is C18H25N3O2. The molecule has 1 aliphatic carbocycles. The van der Waals surface area contributed by atoms with Gasteiger partial charge in [0, 0.05) is 0 Å². The van der Waals surface area contributed by atoms with Crippen LogP contribution in [-0.2, 0) is 0 Å². The first kappa shape index (κ1) is 18.8. The van der Waals surface area contributed by atoms with Crippen LogP contribution in [-0.4, -0.2) is 11.1 Å². The van der Waals surface area contributed by atoms with Gasteiger partial charge in [0.1, 0.15) is 0 Å². The minimum Gasteiger partial charge on any atom is -0.478 e. The second-order valence-corrected chi connectivity index (χ2v) is 5.86. The third-order valence-electron chi connectivity index (χ3n) is 4.26. The van der Waals surface area contributed by atoms with E-state index in [1.807, 2.05) is 12.1 Å². The van der Waals surface area contributed by atoms with Gasteiger partial charge in [-0.3, -0.25) is 0 Å². The number of carboxylic acid groups (broad SMARTS) is 1. The summed E-state index contributed by atoms with van der Waals surface area (Å²) in [6.45, 7) is 2.21. The zero-order chi connectivity index (χ0) is 17.1. The van der Waals surface area contributed by atoms with Crippen molar-refractivity contribution in [3.63, 3.8) is 0 Å². The first-order valence-electron chi connectivity index (χ1n) is 8.13. The standard InChI is InChI=1S/C18H24O2.HN3/c1-2-3-4-5-14-6-8-15(9-7-14)16-10-12-17(13-11-16)18(19)20;1-3-2/h4-5,10-15H,2-3,6-9H2,1H3,(H,19,20);1H. The Labute approximate surface area is 137 Å². The van der Waals surface area contributed by atoms with E-state index < -0.39 is 5.97 Å². The highest BCUT2D eigenvalue weighted by molar-refractivity contribution is 5.87. The zero-order valence-corrected chi connectivity index (χ0v) is 13.6. The van der Waals surface area contributed by atoms with Crippen molar-refractivity contribution in [2.24, 2.45) is 5.92 Å². The molecule has 0 radical (unpaired) electrons. The molecule has 1 aromatic carbocycles. The van der Waals surface area contributed by atoms with Gasteiger partial charge in [-0.15, -0.1) is 5.53 Å². The van der Waals surface area contributed by atoms with Crippen molar-refractivity contribution in [3.8, 4) is 0 Å². The van der Waals surface area contributed by atoms with Crippen LogP contribution in [0, 0.1) is 11.4 Å². The summed E-state index contributed by atoms with van der Waals surface area (Å²) in [6, 6.07) is 7.43. The number of hydrogen-bond donors (Lipinski definition) is 2. The van der Waals surface area contributed by atoms with Gasteiger partial charge in [0.05, 0.1) is 5.56 Å². The third-order valence-corrected chi connectivity index (χ3v) is 4.26. The summed E-state index contributed by atoms with van der Waals surface area (Å²) in [6.07, 6.45) is 12.1. The van der Waals surface area contributed by atoms with Crippen molar-refractivity contribution in [1.29, 1.82) is 5.53 Å². The lowest BCUT2D eigenvalue weighted by atomic mass is 9.78. The average molecular weight is 315 g/mol. The van der Waals surface area contributed by atoms with Gasteiger partial charge in [-0.05, 0) is 72.1 Å². The summed E-state index contributed by atoms with van der Waals surface area (Å²) < 4.78 is 0. The molecule has 2 rings (SSSR count). The van der Waals surface area contributed by atoms with Crippen LogP contribution < -0.4 is 0 Å². The largest absolute Gasteiger partial charge is 0.478 e. The van der Waals surface area contributed by atoms with Gasteiger partial charge in [0.2, 0.25) is 0 Å². The quantitative estimate of drug-likeness (QED) is 0.306. The van der Waals surface area contributed by atoms with Crippen molar-refractivity contribution in [1.82, 2.24) is 0 Å².